The van der Waals surface area contributed by atoms with Crippen molar-refractivity contribution in [2.75, 3.05) is 26.3 Å². The maximum Gasteiger partial charge on any atom is 0.410 e. The van der Waals surface area contributed by atoms with Gasteiger partial charge in [0.25, 0.3) is 0 Å². The summed E-state index contributed by atoms with van der Waals surface area (Å²) in [6.07, 6.45) is 2.55. The summed E-state index contributed by atoms with van der Waals surface area (Å²) < 4.78 is 15.7. The molecule has 1 rings (SSSR count). The third-order valence-corrected chi connectivity index (χ3v) is 2.88. The largest absolute Gasteiger partial charge is 0.458 e. The zero-order valence-corrected chi connectivity index (χ0v) is 13.1. The molecule has 0 saturated carbocycles. The van der Waals surface area contributed by atoms with E-state index < -0.39 is 5.60 Å². The summed E-state index contributed by atoms with van der Waals surface area (Å²) >= 11 is 0. The highest BCUT2D eigenvalue weighted by molar-refractivity contribution is 5.71. The first-order chi connectivity index (χ1) is 9.81. The summed E-state index contributed by atoms with van der Waals surface area (Å²) in [7, 11) is 0. The number of rotatable bonds is 5. The van der Waals surface area contributed by atoms with Gasteiger partial charge in [0.1, 0.15) is 18.8 Å². The summed E-state index contributed by atoms with van der Waals surface area (Å²) in [5.74, 6) is -0.365. The number of nitrogens with zero attached hydrogens (tertiary/aromatic N) is 1. The smallest absolute Gasteiger partial charge is 0.410 e. The van der Waals surface area contributed by atoms with Crippen LogP contribution in [-0.2, 0) is 19.0 Å². The lowest BCUT2D eigenvalue weighted by atomic mass is 10.1. The molecule has 0 aromatic rings. The van der Waals surface area contributed by atoms with Gasteiger partial charge in [-0.15, -0.1) is 0 Å². The van der Waals surface area contributed by atoms with E-state index in [0.717, 1.165) is 0 Å². The van der Waals surface area contributed by atoms with Crippen LogP contribution in [0.5, 0.6) is 0 Å². The Labute approximate surface area is 126 Å². The van der Waals surface area contributed by atoms with Gasteiger partial charge in [0.2, 0.25) is 0 Å². The second kappa shape index (κ2) is 8.02. The third kappa shape index (κ3) is 7.13. The molecule has 6 nitrogen and oxygen atoms in total. The highest BCUT2D eigenvalue weighted by Gasteiger charge is 2.25. The SMILES string of the molecule is C=CCOC(=O)N1CCC(OCC(=O)OC(C)(C)C)CC1. The van der Waals surface area contributed by atoms with E-state index in [1.165, 1.54) is 6.08 Å². The number of amides is 1. The Morgan fingerprint density at radius 3 is 2.43 bits per heavy atom. The van der Waals surface area contributed by atoms with E-state index in [4.69, 9.17) is 14.2 Å². The number of hydrogen-bond donors (Lipinski definition) is 0. The van der Waals surface area contributed by atoms with E-state index >= 15 is 0 Å². The van der Waals surface area contributed by atoms with E-state index in [0.29, 0.717) is 25.9 Å². The van der Waals surface area contributed by atoms with Crippen LogP contribution < -0.4 is 0 Å². The number of esters is 1. The van der Waals surface area contributed by atoms with Crippen molar-refractivity contribution < 1.29 is 23.8 Å². The minimum absolute atomic E-state index is 0.0269. The van der Waals surface area contributed by atoms with Crippen molar-refractivity contribution in [1.29, 1.82) is 0 Å². The minimum Gasteiger partial charge on any atom is -0.458 e. The van der Waals surface area contributed by atoms with Crippen molar-refractivity contribution in [1.82, 2.24) is 4.90 Å². The van der Waals surface area contributed by atoms with Crippen LogP contribution in [0, 0.1) is 0 Å². The quantitative estimate of drug-likeness (QED) is 0.575. The number of carbonyl (C=O) groups excluding carboxylic acids is 2. The van der Waals surface area contributed by atoms with Crippen molar-refractivity contribution in [3.05, 3.63) is 12.7 Å². The molecular formula is C15H25NO5. The van der Waals surface area contributed by atoms with Gasteiger partial charge < -0.3 is 19.1 Å². The first-order valence-corrected chi connectivity index (χ1v) is 7.18. The molecule has 1 saturated heterocycles. The second-order valence-electron chi connectivity index (χ2n) is 5.95. The highest BCUT2D eigenvalue weighted by atomic mass is 16.6. The fourth-order valence-corrected chi connectivity index (χ4v) is 1.98. The first kappa shape index (κ1) is 17.5. The van der Waals surface area contributed by atoms with Gasteiger partial charge in [-0.2, -0.15) is 0 Å². The highest BCUT2D eigenvalue weighted by Crippen LogP contribution is 2.15. The van der Waals surface area contributed by atoms with Gasteiger partial charge in [-0.05, 0) is 33.6 Å². The predicted molar refractivity (Wildman–Crippen MR) is 77.9 cm³/mol. The molecule has 0 atom stereocenters. The van der Waals surface area contributed by atoms with Crippen molar-refractivity contribution in [2.45, 2.75) is 45.3 Å². The number of hydrogen-bond acceptors (Lipinski definition) is 5. The van der Waals surface area contributed by atoms with Crippen LogP contribution in [-0.4, -0.2) is 55.0 Å². The summed E-state index contributed by atoms with van der Waals surface area (Å²) in [5.41, 5.74) is -0.501. The molecule has 0 radical (unpaired) electrons. The standard InChI is InChI=1S/C15H25NO5/c1-5-10-19-14(18)16-8-6-12(7-9-16)20-11-13(17)21-15(2,3)4/h5,12H,1,6-11H2,2-4H3. The molecule has 1 amide bonds. The van der Waals surface area contributed by atoms with Crippen LogP contribution in [0.15, 0.2) is 12.7 Å². The summed E-state index contributed by atoms with van der Waals surface area (Å²) in [6, 6.07) is 0. The Kier molecular flexibility index (Phi) is 6.68. The monoisotopic (exact) mass is 299 g/mol. The maximum absolute atomic E-state index is 11.6. The van der Waals surface area contributed by atoms with Crippen molar-refractivity contribution in [3.8, 4) is 0 Å². The lowest BCUT2D eigenvalue weighted by Crippen LogP contribution is -2.41. The summed E-state index contributed by atoms with van der Waals surface area (Å²) in [6.45, 7) is 10.2. The lowest BCUT2D eigenvalue weighted by Gasteiger charge is -2.31. The van der Waals surface area contributed by atoms with Crippen LogP contribution in [0.3, 0.4) is 0 Å². The van der Waals surface area contributed by atoms with Crippen LogP contribution in [0.25, 0.3) is 0 Å². The van der Waals surface area contributed by atoms with Crippen molar-refractivity contribution in [2.24, 2.45) is 0 Å². The lowest BCUT2D eigenvalue weighted by molar-refractivity contribution is -0.163. The minimum atomic E-state index is -0.501. The van der Waals surface area contributed by atoms with E-state index in [1.54, 1.807) is 4.90 Å². The zero-order chi connectivity index (χ0) is 15.9. The number of piperidine rings is 1. The van der Waals surface area contributed by atoms with Crippen LogP contribution >= 0.6 is 0 Å². The first-order valence-electron chi connectivity index (χ1n) is 7.18. The molecule has 0 aromatic carbocycles. The fraction of sp³-hybridized carbons (Fsp3) is 0.733. The van der Waals surface area contributed by atoms with Gasteiger partial charge in [0.05, 0.1) is 6.10 Å². The predicted octanol–water partition coefficient (Wildman–Crippen LogP) is 2.13. The van der Waals surface area contributed by atoms with Crippen molar-refractivity contribution >= 4 is 12.1 Å². The van der Waals surface area contributed by atoms with Gasteiger partial charge in [-0.25, -0.2) is 9.59 Å². The molecule has 0 aromatic heterocycles. The van der Waals surface area contributed by atoms with Gasteiger partial charge in [-0.1, -0.05) is 12.7 Å². The molecule has 0 bridgehead atoms. The Hall–Kier alpha value is -1.56. The molecule has 6 heteroatoms. The van der Waals surface area contributed by atoms with Gasteiger partial charge in [0.15, 0.2) is 0 Å². The summed E-state index contributed by atoms with van der Waals surface area (Å²) in [4.78, 5) is 24.8. The van der Waals surface area contributed by atoms with Gasteiger partial charge in [-0.3, -0.25) is 0 Å². The van der Waals surface area contributed by atoms with Crippen LogP contribution in [0.1, 0.15) is 33.6 Å². The maximum atomic E-state index is 11.6. The Bertz CT molecular complexity index is 367. The number of likely N-dealkylation sites (tertiary alicyclic amines) is 1. The van der Waals surface area contributed by atoms with Crippen LogP contribution in [0.4, 0.5) is 4.79 Å². The average Bonchev–Trinajstić information content (AvgIpc) is 2.41. The molecule has 21 heavy (non-hydrogen) atoms. The molecule has 0 N–H and O–H groups in total. The molecule has 0 unspecified atom stereocenters. The number of ether oxygens (including phenoxy) is 3. The third-order valence-electron chi connectivity index (χ3n) is 2.88. The molecule has 0 spiro atoms. The van der Waals surface area contributed by atoms with E-state index in [1.807, 2.05) is 20.8 Å². The van der Waals surface area contributed by atoms with Crippen LogP contribution in [0.2, 0.25) is 0 Å². The molecule has 0 aliphatic carbocycles. The molecule has 1 fully saturated rings. The van der Waals surface area contributed by atoms with Gasteiger partial charge >= 0.3 is 12.1 Å². The fourth-order valence-electron chi connectivity index (χ4n) is 1.98. The molecular weight excluding hydrogens is 274 g/mol. The van der Waals surface area contributed by atoms with Gasteiger partial charge in [0, 0.05) is 13.1 Å². The summed E-state index contributed by atoms with van der Waals surface area (Å²) in [5, 5.41) is 0. The Morgan fingerprint density at radius 1 is 1.29 bits per heavy atom. The van der Waals surface area contributed by atoms with E-state index in [2.05, 4.69) is 6.58 Å². The molecule has 1 heterocycles. The van der Waals surface area contributed by atoms with E-state index in [9.17, 15) is 9.59 Å². The zero-order valence-electron chi connectivity index (χ0n) is 13.1. The second-order valence-corrected chi connectivity index (χ2v) is 5.95. The van der Waals surface area contributed by atoms with E-state index in [-0.39, 0.29) is 31.4 Å². The normalized spacial score (nSPS) is 16.4. The van der Waals surface area contributed by atoms with Crippen molar-refractivity contribution in [3.63, 3.8) is 0 Å². The molecule has 120 valence electrons. The molecule has 1 aliphatic heterocycles. The molecule has 1 aliphatic rings. The topological polar surface area (TPSA) is 65.1 Å². The Morgan fingerprint density at radius 2 is 1.90 bits per heavy atom. The average molecular weight is 299 g/mol. The Balaban J connectivity index is 2.23. The number of carbonyl (C=O) groups is 2.